The Morgan fingerprint density at radius 3 is 2.84 bits per heavy atom. The van der Waals surface area contributed by atoms with E-state index in [1.807, 2.05) is 6.26 Å². The average Bonchev–Trinajstić information content (AvgIpc) is 2.39. The molecule has 2 N–H and O–H groups in total. The van der Waals surface area contributed by atoms with Crippen molar-refractivity contribution in [3.8, 4) is 0 Å². The molecule has 0 aliphatic carbocycles. The molecule has 2 atom stereocenters. The van der Waals surface area contributed by atoms with Crippen LogP contribution in [0.2, 0.25) is 0 Å². The van der Waals surface area contributed by atoms with Gasteiger partial charge in [-0.1, -0.05) is 18.2 Å². The monoisotopic (exact) mass is 287 g/mol. The summed E-state index contributed by atoms with van der Waals surface area (Å²) < 4.78 is 18.6. The number of hydrogen-bond donors (Lipinski definition) is 2. The van der Waals surface area contributed by atoms with E-state index in [1.54, 1.807) is 30.0 Å². The van der Waals surface area contributed by atoms with Gasteiger partial charge in [-0.3, -0.25) is 0 Å². The Morgan fingerprint density at radius 1 is 1.42 bits per heavy atom. The van der Waals surface area contributed by atoms with Crippen molar-refractivity contribution in [1.82, 2.24) is 5.32 Å². The first-order valence-electron chi connectivity index (χ1n) is 6.35. The standard InChI is InChI=1S/C14H22FNO2S/c1-11(10-19-2)16-7-13(17)9-18-8-12-5-3-4-6-14(12)15/h3-6,11,13,16-17H,7-10H2,1-2H3. The minimum atomic E-state index is -0.573. The Balaban J connectivity index is 2.17. The molecule has 19 heavy (non-hydrogen) atoms. The Hall–Kier alpha value is -0.620. The number of aliphatic hydroxyl groups excluding tert-OH is 1. The van der Waals surface area contributed by atoms with Crippen molar-refractivity contribution in [1.29, 1.82) is 0 Å². The zero-order chi connectivity index (χ0) is 14.1. The van der Waals surface area contributed by atoms with Gasteiger partial charge in [0.15, 0.2) is 0 Å². The van der Waals surface area contributed by atoms with Gasteiger partial charge in [0.25, 0.3) is 0 Å². The zero-order valence-electron chi connectivity index (χ0n) is 11.4. The highest BCUT2D eigenvalue weighted by atomic mass is 32.2. The maximum absolute atomic E-state index is 13.3. The number of ether oxygens (including phenoxy) is 1. The summed E-state index contributed by atoms with van der Waals surface area (Å²) in [5.41, 5.74) is 0.512. The van der Waals surface area contributed by atoms with Gasteiger partial charge in [0, 0.05) is 23.9 Å². The van der Waals surface area contributed by atoms with E-state index in [0.29, 0.717) is 18.2 Å². The highest BCUT2D eigenvalue weighted by Crippen LogP contribution is 2.07. The molecule has 1 aromatic rings. The van der Waals surface area contributed by atoms with Crippen LogP contribution in [0.15, 0.2) is 24.3 Å². The van der Waals surface area contributed by atoms with Gasteiger partial charge in [-0.15, -0.1) is 0 Å². The van der Waals surface area contributed by atoms with E-state index in [-0.39, 0.29) is 19.0 Å². The Morgan fingerprint density at radius 2 is 2.16 bits per heavy atom. The van der Waals surface area contributed by atoms with Crippen molar-refractivity contribution < 1.29 is 14.2 Å². The molecule has 1 aromatic carbocycles. The fourth-order valence-electron chi connectivity index (χ4n) is 1.63. The smallest absolute Gasteiger partial charge is 0.128 e. The number of aliphatic hydroxyl groups is 1. The quantitative estimate of drug-likeness (QED) is 0.729. The molecule has 0 saturated heterocycles. The minimum Gasteiger partial charge on any atom is -0.389 e. The van der Waals surface area contributed by atoms with E-state index >= 15 is 0 Å². The maximum atomic E-state index is 13.3. The van der Waals surface area contributed by atoms with Crippen LogP contribution in [0.4, 0.5) is 4.39 Å². The molecule has 0 fully saturated rings. The summed E-state index contributed by atoms with van der Waals surface area (Å²) in [7, 11) is 0. The molecule has 0 spiro atoms. The Bertz CT molecular complexity index is 365. The van der Waals surface area contributed by atoms with Crippen molar-refractivity contribution in [2.75, 3.05) is 25.2 Å². The van der Waals surface area contributed by atoms with Crippen LogP contribution in [-0.4, -0.2) is 42.4 Å². The van der Waals surface area contributed by atoms with Gasteiger partial charge in [0.05, 0.1) is 19.3 Å². The second-order valence-corrected chi connectivity index (χ2v) is 5.44. The third-order valence-electron chi connectivity index (χ3n) is 2.64. The summed E-state index contributed by atoms with van der Waals surface area (Å²) in [5.74, 6) is 0.728. The van der Waals surface area contributed by atoms with Crippen LogP contribution in [0.5, 0.6) is 0 Å². The number of thioether (sulfide) groups is 1. The lowest BCUT2D eigenvalue weighted by molar-refractivity contribution is 0.0271. The van der Waals surface area contributed by atoms with Crippen LogP contribution in [0.1, 0.15) is 12.5 Å². The van der Waals surface area contributed by atoms with Gasteiger partial charge in [0.1, 0.15) is 5.82 Å². The average molecular weight is 287 g/mol. The number of rotatable bonds is 9. The molecule has 0 bridgehead atoms. The third-order valence-corrected chi connectivity index (χ3v) is 3.48. The predicted octanol–water partition coefficient (Wildman–Crippen LogP) is 2.04. The van der Waals surface area contributed by atoms with E-state index in [9.17, 15) is 9.50 Å². The molecule has 3 nitrogen and oxygen atoms in total. The van der Waals surface area contributed by atoms with Crippen molar-refractivity contribution in [3.05, 3.63) is 35.6 Å². The van der Waals surface area contributed by atoms with Crippen LogP contribution >= 0.6 is 11.8 Å². The van der Waals surface area contributed by atoms with E-state index < -0.39 is 6.10 Å². The fraction of sp³-hybridized carbons (Fsp3) is 0.571. The van der Waals surface area contributed by atoms with Crippen molar-refractivity contribution in [2.45, 2.75) is 25.7 Å². The van der Waals surface area contributed by atoms with Gasteiger partial charge in [-0.05, 0) is 19.2 Å². The van der Waals surface area contributed by atoms with Gasteiger partial charge in [-0.25, -0.2) is 4.39 Å². The number of benzene rings is 1. The molecular weight excluding hydrogens is 265 g/mol. The summed E-state index contributed by atoms with van der Waals surface area (Å²) >= 11 is 1.76. The molecule has 0 saturated carbocycles. The van der Waals surface area contributed by atoms with Gasteiger partial charge in [-0.2, -0.15) is 11.8 Å². The number of halogens is 1. The molecule has 108 valence electrons. The molecule has 0 heterocycles. The topological polar surface area (TPSA) is 41.5 Å². The van der Waals surface area contributed by atoms with Gasteiger partial charge in [0.2, 0.25) is 0 Å². The van der Waals surface area contributed by atoms with Gasteiger partial charge >= 0.3 is 0 Å². The van der Waals surface area contributed by atoms with Crippen LogP contribution < -0.4 is 5.32 Å². The predicted molar refractivity (Wildman–Crippen MR) is 77.9 cm³/mol. The second-order valence-electron chi connectivity index (χ2n) is 4.52. The van der Waals surface area contributed by atoms with Crippen LogP contribution in [0, 0.1) is 5.82 Å². The van der Waals surface area contributed by atoms with Crippen LogP contribution in [0.3, 0.4) is 0 Å². The summed E-state index contributed by atoms with van der Waals surface area (Å²) in [6.45, 7) is 2.94. The first-order chi connectivity index (χ1) is 9.13. The van der Waals surface area contributed by atoms with Gasteiger partial charge < -0.3 is 15.2 Å². The summed E-state index contributed by atoms with van der Waals surface area (Å²) in [6.07, 6.45) is 1.47. The summed E-state index contributed by atoms with van der Waals surface area (Å²) in [6, 6.07) is 6.85. The van der Waals surface area contributed by atoms with Crippen LogP contribution in [-0.2, 0) is 11.3 Å². The first-order valence-corrected chi connectivity index (χ1v) is 7.74. The highest BCUT2D eigenvalue weighted by Gasteiger charge is 2.08. The SMILES string of the molecule is CSCC(C)NCC(O)COCc1ccccc1F. The van der Waals surface area contributed by atoms with Crippen molar-refractivity contribution in [2.24, 2.45) is 0 Å². The Kier molecular flexibility index (Phi) is 8.05. The second kappa shape index (κ2) is 9.31. The van der Waals surface area contributed by atoms with Crippen molar-refractivity contribution in [3.63, 3.8) is 0 Å². The third kappa shape index (κ3) is 6.92. The highest BCUT2D eigenvalue weighted by molar-refractivity contribution is 7.98. The van der Waals surface area contributed by atoms with E-state index in [0.717, 1.165) is 5.75 Å². The minimum absolute atomic E-state index is 0.185. The first kappa shape index (κ1) is 16.4. The lowest BCUT2D eigenvalue weighted by Gasteiger charge is -2.16. The largest absolute Gasteiger partial charge is 0.389 e. The molecule has 0 radical (unpaired) electrons. The molecule has 0 amide bonds. The summed E-state index contributed by atoms with van der Waals surface area (Å²) in [5, 5.41) is 12.9. The molecule has 2 unspecified atom stereocenters. The Labute approximate surface area is 118 Å². The number of nitrogens with one attached hydrogen (secondary N) is 1. The normalized spacial score (nSPS) is 14.3. The molecule has 5 heteroatoms. The molecule has 0 aromatic heterocycles. The summed E-state index contributed by atoms with van der Waals surface area (Å²) in [4.78, 5) is 0. The van der Waals surface area contributed by atoms with E-state index in [1.165, 1.54) is 6.07 Å². The van der Waals surface area contributed by atoms with Crippen LogP contribution in [0.25, 0.3) is 0 Å². The molecular formula is C14H22FNO2S. The molecule has 0 aliphatic heterocycles. The maximum Gasteiger partial charge on any atom is 0.128 e. The fourth-order valence-corrected chi connectivity index (χ4v) is 2.24. The number of hydrogen-bond acceptors (Lipinski definition) is 4. The molecule has 1 rings (SSSR count). The lowest BCUT2D eigenvalue weighted by atomic mass is 10.2. The molecule has 0 aliphatic rings. The lowest BCUT2D eigenvalue weighted by Crippen LogP contribution is -2.37. The van der Waals surface area contributed by atoms with E-state index in [2.05, 4.69) is 12.2 Å². The zero-order valence-corrected chi connectivity index (χ0v) is 12.3. The van der Waals surface area contributed by atoms with E-state index in [4.69, 9.17) is 4.74 Å². The van der Waals surface area contributed by atoms with Crippen molar-refractivity contribution >= 4 is 11.8 Å².